The third kappa shape index (κ3) is 2.84. The number of hydrogen-bond donors (Lipinski definition) is 0. The highest BCUT2D eigenvalue weighted by molar-refractivity contribution is 6.52. The summed E-state index contributed by atoms with van der Waals surface area (Å²) >= 11 is 0. The number of methoxy groups -OCH3 is 2. The molecule has 2 aromatic carbocycles. The molecule has 2 aromatic rings. The minimum Gasteiger partial charge on any atom is -0.493 e. The van der Waals surface area contributed by atoms with Gasteiger partial charge in [0.25, 0.3) is 0 Å². The fourth-order valence-corrected chi connectivity index (χ4v) is 2.84. The quantitative estimate of drug-likeness (QED) is 0.815. The van der Waals surface area contributed by atoms with Crippen LogP contribution in [0.2, 0.25) is 0 Å². The van der Waals surface area contributed by atoms with Gasteiger partial charge in [0, 0.05) is 17.7 Å². The Morgan fingerprint density at radius 1 is 1.09 bits per heavy atom. The van der Waals surface area contributed by atoms with Gasteiger partial charge >= 0.3 is 0 Å². The number of carbonyl (C=O) groups is 1. The molecule has 4 nitrogen and oxygen atoms in total. The van der Waals surface area contributed by atoms with Crippen molar-refractivity contribution in [2.75, 3.05) is 20.8 Å². The Hall–Kier alpha value is -2.62. The number of ketones is 1. The normalized spacial score (nSPS) is 13.1. The molecular weight excluding hydrogens is 290 g/mol. The van der Waals surface area contributed by atoms with E-state index in [9.17, 15) is 4.79 Å². The van der Waals surface area contributed by atoms with E-state index in [0.717, 1.165) is 23.1 Å². The molecule has 0 saturated carbocycles. The molecule has 0 spiro atoms. The summed E-state index contributed by atoms with van der Waals surface area (Å²) in [4.78, 5) is 17.3. The first-order valence-corrected chi connectivity index (χ1v) is 7.55. The lowest BCUT2D eigenvalue weighted by Crippen LogP contribution is -2.22. The van der Waals surface area contributed by atoms with Crippen LogP contribution in [0.15, 0.2) is 41.4 Å². The number of benzene rings is 2. The standard InChI is InChI=1S/C19H19NO3/c1-12-5-4-6-14(9-12)19(21)18-15-11-17(23-3)16(22-2)10-13(15)7-8-20-18/h4-6,9-11H,7-8H2,1-3H3. The fraction of sp³-hybridized carbons (Fsp3) is 0.263. The molecule has 0 N–H and O–H groups in total. The van der Waals surface area contributed by atoms with Crippen LogP contribution in [0.5, 0.6) is 11.5 Å². The Morgan fingerprint density at radius 3 is 2.52 bits per heavy atom. The summed E-state index contributed by atoms with van der Waals surface area (Å²) in [6.45, 7) is 2.58. The molecule has 0 aromatic heterocycles. The third-order valence-electron chi connectivity index (χ3n) is 4.01. The molecule has 0 atom stereocenters. The van der Waals surface area contributed by atoms with Gasteiger partial charge < -0.3 is 9.47 Å². The number of fused-ring (bicyclic) bond motifs is 1. The first kappa shape index (κ1) is 15.3. The van der Waals surface area contributed by atoms with Gasteiger partial charge in [0.05, 0.1) is 14.2 Å². The summed E-state index contributed by atoms with van der Waals surface area (Å²) < 4.78 is 10.7. The van der Waals surface area contributed by atoms with Crippen LogP contribution in [0.1, 0.15) is 27.0 Å². The minimum atomic E-state index is -0.0538. The minimum absolute atomic E-state index is 0.0538. The smallest absolute Gasteiger partial charge is 0.211 e. The Balaban J connectivity index is 2.06. The summed E-state index contributed by atoms with van der Waals surface area (Å²) in [5.41, 5.74) is 4.11. The van der Waals surface area contributed by atoms with Crippen LogP contribution in [-0.4, -0.2) is 32.3 Å². The van der Waals surface area contributed by atoms with Crippen molar-refractivity contribution >= 4 is 11.5 Å². The summed E-state index contributed by atoms with van der Waals surface area (Å²) in [6, 6.07) is 11.4. The van der Waals surface area contributed by atoms with Crippen LogP contribution in [0, 0.1) is 6.92 Å². The maximum absolute atomic E-state index is 12.9. The first-order valence-electron chi connectivity index (χ1n) is 7.55. The van der Waals surface area contributed by atoms with Crippen molar-refractivity contribution in [3.63, 3.8) is 0 Å². The van der Waals surface area contributed by atoms with Crippen molar-refractivity contribution in [1.29, 1.82) is 0 Å². The number of aliphatic imine (C=N–C) groups is 1. The lowest BCUT2D eigenvalue weighted by molar-refractivity contribution is 0.106. The van der Waals surface area contributed by atoms with Crippen LogP contribution < -0.4 is 9.47 Å². The Kier molecular flexibility index (Phi) is 4.15. The number of aryl methyl sites for hydroxylation is 1. The van der Waals surface area contributed by atoms with Crippen molar-refractivity contribution in [3.05, 3.63) is 58.7 Å². The van der Waals surface area contributed by atoms with Gasteiger partial charge in [-0.15, -0.1) is 0 Å². The largest absolute Gasteiger partial charge is 0.493 e. The number of rotatable bonds is 4. The van der Waals surface area contributed by atoms with E-state index < -0.39 is 0 Å². The van der Waals surface area contributed by atoms with E-state index in [1.807, 2.05) is 43.3 Å². The van der Waals surface area contributed by atoms with Crippen molar-refractivity contribution in [3.8, 4) is 11.5 Å². The molecule has 0 unspecified atom stereocenters. The fourth-order valence-electron chi connectivity index (χ4n) is 2.84. The second-order valence-corrected chi connectivity index (χ2v) is 5.54. The Labute approximate surface area is 135 Å². The van der Waals surface area contributed by atoms with Gasteiger partial charge in [0.15, 0.2) is 11.5 Å². The molecule has 1 heterocycles. The average molecular weight is 309 g/mol. The van der Waals surface area contributed by atoms with Crippen molar-refractivity contribution in [1.82, 2.24) is 0 Å². The zero-order chi connectivity index (χ0) is 16.4. The van der Waals surface area contributed by atoms with Crippen LogP contribution in [0.25, 0.3) is 0 Å². The Morgan fingerprint density at radius 2 is 1.83 bits per heavy atom. The zero-order valence-corrected chi connectivity index (χ0v) is 13.6. The second-order valence-electron chi connectivity index (χ2n) is 5.54. The number of nitrogens with zero attached hydrogens (tertiary/aromatic N) is 1. The first-order chi connectivity index (χ1) is 11.1. The topological polar surface area (TPSA) is 47.9 Å². The molecule has 1 aliphatic rings. The van der Waals surface area contributed by atoms with E-state index in [0.29, 0.717) is 29.3 Å². The van der Waals surface area contributed by atoms with Crippen LogP contribution in [0.3, 0.4) is 0 Å². The summed E-state index contributed by atoms with van der Waals surface area (Å²) in [6.07, 6.45) is 0.792. The summed E-state index contributed by atoms with van der Waals surface area (Å²) in [5.74, 6) is 1.23. The van der Waals surface area contributed by atoms with Gasteiger partial charge in [-0.2, -0.15) is 0 Å². The Bertz CT molecular complexity index is 793. The molecule has 0 amide bonds. The third-order valence-corrected chi connectivity index (χ3v) is 4.01. The highest BCUT2D eigenvalue weighted by Crippen LogP contribution is 2.33. The number of hydrogen-bond acceptors (Lipinski definition) is 4. The average Bonchev–Trinajstić information content (AvgIpc) is 2.59. The van der Waals surface area contributed by atoms with E-state index in [1.165, 1.54) is 0 Å². The molecule has 0 bridgehead atoms. The summed E-state index contributed by atoms with van der Waals surface area (Å²) in [7, 11) is 3.20. The van der Waals surface area contributed by atoms with Crippen molar-refractivity contribution in [2.24, 2.45) is 4.99 Å². The predicted octanol–water partition coefficient (Wildman–Crippen LogP) is 3.24. The molecule has 4 heteroatoms. The second kappa shape index (κ2) is 6.24. The number of carbonyl (C=O) groups excluding carboxylic acids is 1. The van der Waals surface area contributed by atoms with Crippen molar-refractivity contribution in [2.45, 2.75) is 13.3 Å². The van der Waals surface area contributed by atoms with E-state index >= 15 is 0 Å². The number of ether oxygens (including phenoxy) is 2. The molecular formula is C19H19NO3. The molecule has 1 aliphatic heterocycles. The van der Waals surface area contributed by atoms with Gasteiger partial charge in [-0.25, -0.2) is 0 Å². The molecule has 0 radical (unpaired) electrons. The van der Waals surface area contributed by atoms with Gasteiger partial charge in [0.1, 0.15) is 5.71 Å². The molecule has 0 fully saturated rings. The van der Waals surface area contributed by atoms with E-state index in [1.54, 1.807) is 14.2 Å². The highest BCUT2D eigenvalue weighted by atomic mass is 16.5. The maximum atomic E-state index is 12.9. The van der Waals surface area contributed by atoms with E-state index in [4.69, 9.17) is 9.47 Å². The molecule has 23 heavy (non-hydrogen) atoms. The molecule has 118 valence electrons. The molecule has 0 saturated heterocycles. The molecule has 0 aliphatic carbocycles. The van der Waals surface area contributed by atoms with E-state index in [2.05, 4.69) is 4.99 Å². The number of Topliss-reactive ketones (excluding diaryl/α,β-unsaturated/α-hetero) is 1. The lowest BCUT2D eigenvalue weighted by Gasteiger charge is -2.19. The van der Waals surface area contributed by atoms with Crippen molar-refractivity contribution < 1.29 is 14.3 Å². The van der Waals surface area contributed by atoms with Crippen LogP contribution in [0.4, 0.5) is 0 Å². The lowest BCUT2D eigenvalue weighted by atomic mass is 9.92. The predicted molar refractivity (Wildman–Crippen MR) is 90.2 cm³/mol. The van der Waals surface area contributed by atoms with Crippen LogP contribution >= 0.6 is 0 Å². The highest BCUT2D eigenvalue weighted by Gasteiger charge is 2.24. The van der Waals surface area contributed by atoms with Gasteiger partial charge in [-0.3, -0.25) is 9.79 Å². The SMILES string of the molecule is COc1cc2c(cc1OC)C(C(=O)c1cccc(C)c1)=NCC2. The summed E-state index contributed by atoms with van der Waals surface area (Å²) in [5, 5.41) is 0. The molecule has 3 rings (SSSR count). The zero-order valence-electron chi connectivity index (χ0n) is 13.6. The van der Waals surface area contributed by atoms with E-state index in [-0.39, 0.29) is 5.78 Å². The van der Waals surface area contributed by atoms with Gasteiger partial charge in [-0.1, -0.05) is 23.8 Å². The van der Waals surface area contributed by atoms with Gasteiger partial charge in [-0.05, 0) is 37.1 Å². The van der Waals surface area contributed by atoms with Gasteiger partial charge in [0.2, 0.25) is 5.78 Å². The van der Waals surface area contributed by atoms with Crippen LogP contribution in [-0.2, 0) is 6.42 Å². The maximum Gasteiger partial charge on any atom is 0.211 e. The monoisotopic (exact) mass is 309 g/mol.